The van der Waals surface area contributed by atoms with E-state index in [1.54, 1.807) is 24.3 Å². The summed E-state index contributed by atoms with van der Waals surface area (Å²) < 4.78 is 64.6. The van der Waals surface area contributed by atoms with E-state index < -0.39 is 34.9 Å². The number of amides is 1. The fourth-order valence-corrected chi connectivity index (χ4v) is 3.38. The van der Waals surface area contributed by atoms with Gasteiger partial charge in [0.15, 0.2) is 40.5 Å². The van der Waals surface area contributed by atoms with Crippen LogP contribution in [0.1, 0.15) is 6.42 Å². The second-order valence-corrected chi connectivity index (χ2v) is 7.30. The van der Waals surface area contributed by atoms with Crippen LogP contribution in [-0.2, 0) is 4.79 Å². The van der Waals surface area contributed by atoms with E-state index in [9.17, 15) is 22.4 Å². The Morgan fingerprint density at radius 2 is 1.56 bits per heavy atom. The zero-order valence-electron chi connectivity index (χ0n) is 15.9. The largest absolute Gasteiger partial charge is 0.463 e. The molecule has 164 valence electrons. The Hall–Kier alpha value is -3.67. The highest BCUT2D eigenvalue weighted by molar-refractivity contribution is 7.99. The smallest absolute Gasteiger partial charge is 0.225 e. The van der Waals surface area contributed by atoms with E-state index in [0.717, 1.165) is 11.8 Å². The molecule has 0 aliphatic heterocycles. The minimum Gasteiger partial charge on any atom is -0.463 e. The lowest BCUT2D eigenvalue weighted by Gasteiger charge is -2.09. The average molecular weight is 464 g/mol. The average Bonchev–Trinajstić information content (AvgIpc) is 3.50. The number of rotatable bonds is 7. The maximum absolute atomic E-state index is 13.7. The molecule has 0 unspecified atom stereocenters. The Labute approximate surface area is 181 Å². The zero-order chi connectivity index (χ0) is 22.7. The SMILES string of the molecule is O=C(CCSc1nnc(-c2ccco2)c(-c2ccco2)n1)Nc1c(F)c(F)cc(F)c1F. The minimum absolute atomic E-state index is 0.0590. The molecule has 3 aromatic heterocycles. The van der Waals surface area contributed by atoms with Gasteiger partial charge in [-0.2, -0.15) is 0 Å². The lowest BCUT2D eigenvalue weighted by molar-refractivity contribution is -0.115. The first-order valence-corrected chi connectivity index (χ1v) is 10.0. The van der Waals surface area contributed by atoms with Crippen LogP contribution in [0.3, 0.4) is 0 Å². The summed E-state index contributed by atoms with van der Waals surface area (Å²) in [6.07, 6.45) is 2.69. The van der Waals surface area contributed by atoms with E-state index in [2.05, 4.69) is 15.2 Å². The molecule has 0 bridgehead atoms. The van der Waals surface area contributed by atoms with E-state index in [-0.39, 0.29) is 23.4 Å². The van der Waals surface area contributed by atoms with Crippen molar-refractivity contribution in [2.45, 2.75) is 11.6 Å². The van der Waals surface area contributed by atoms with Crippen molar-refractivity contribution in [3.63, 3.8) is 0 Å². The van der Waals surface area contributed by atoms with Crippen LogP contribution in [0.4, 0.5) is 23.2 Å². The van der Waals surface area contributed by atoms with E-state index in [0.29, 0.717) is 22.9 Å². The zero-order valence-corrected chi connectivity index (χ0v) is 16.8. The molecule has 0 aliphatic carbocycles. The second-order valence-electron chi connectivity index (χ2n) is 6.24. The summed E-state index contributed by atoms with van der Waals surface area (Å²) in [5, 5.41) is 10.1. The van der Waals surface area contributed by atoms with Crippen LogP contribution in [0.15, 0.2) is 56.8 Å². The quantitative estimate of drug-likeness (QED) is 0.232. The molecular formula is C20H12F4N4O3S. The van der Waals surface area contributed by atoms with Crippen molar-refractivity contribution in [3.05, 3.63) is 66.1 Å². The number of thioether (sulfide) groups is 1. The summed E-state index contributed by atoms with van der Waals surface area (Å²) >= 11 is 1.04. The summed E-state index contributed by atoms with van der Waals surface area (Å²) in [4.78, 5) is 16.4. The summed E-state index contributed by atoms with van der Waals surface area (Å²) in [6.45, 7) is 0. The fraction of sp³-hybridized carbons (Fsp3) is 0.100. The Morgan fingerprint density at radius 1 is 0.938 bits per heavy atom. The predicted molar refractivity (Wildman–Crippen MR) is 105 cm³/mol. The molecule has 0 saturated heterocycles. The molecule has 3 heterocycles. The van der Waals surface area contributed by atoms with Gasteiger partial charge in [-0.05, 0) is 24.3 Å². The van der Waals surface area contributed by atoms with E-state index in [1.807, 2.05) is 5.32 Å². The molecular weight excluding hydrogens is 452 g/mol. The molecule has 1 amide bonds. The highest BCUT2D eigenvalue weighted by atomic mass is 32.2. The summed E-state index contributed by atoms with van der Waals surface area (Å²) in [5.74, 6) is -6.52. The lowest BCUT2D eigenvalue weighted by Crippen LogP contribution is -2.16. The van der Waals surface area contributed by atoms with Crippen molar-refractivity contribution in [2.75, 3.05) is 11.1 Å². The molecule has 0 saturated carbocycles. The van der Waals surface area contributed by atoms with Crippen molar-refractivity contribution >= 4 is 23.4 Å². The molecule has 0 aliphatic rings. The Balaban J connectivity index is 1.45. The maximum Gasteiger partial charge on any atom is 0.225 e. The number of anilines is 1. The molecule has 4 rings (SSSR count). The molecule has 12 heteroatoms. The number of aromatic nitrogens is 3. The lowest BCUT2D eigenvalue weighted by atomic mass is 10.2. The molecule has 1 N–H and O–H groups in total. The molecule has 1 aromatic carbocycles. The molecule has 0 atom stereocenters. The number of furan rings is 2. The van der Waals surface area contributed by atoms with Crippen LogP contribution in [0.2, 0.25) is 0 Å². The van der Waals surface area contributed by atoms with Crippen LogP contribution in [-0.4, -0.2) is 26.8 Å². The summed E-state index contributed by atoms with van der Waals surface area (Å²) in [6, 6.07) is 6.78. The van der Waals surface area contributed by atoms with Gasteiger partial charge in [-0.15, -0.1) is 10.2 Å². The standard InChI is InChI=1S/C20H12F4N4O3S/c21-10-9-11(22)16(24)19(15(10)23)25-14(29)5-8-32-20-26-17(12-3-1-6-30-12)18(27-28-20)13-4-2-7-31-13/h1-4,6-7,9H,5,8H2,(H,25,29). The summed E-state index contributed by atoms with van der Waals surface area (Å²) in [5.41, 5.74) is -0.462. The van der Waals surface area contributed by atoms with Crippen molar-refractivity contribution in [3.8, 4) is 22.9 Å². The summed E-state index contributed by atoms with van der Waals surface area (Å²) in [7, 11) is 0. The van der Waals surface area contributed by atoms with E-state index in [4.69, 9.17) is 8.83 Å². The molecule has 0 spiro atoms. The van der Waals surface area contributed by atoms with Crippen LogP contribution in [0.25, 0.3) is 22.9 Å². The molecule has 0 radical (unpaired) electrons. The van der Waals surface area contributed by atoms with E-state index >= 15 is 0 Å². The fourth-order valence-electron chi connectivity index (χ4n) is 2.66. The molecule has 7 nitrogen and oxygen atoms in total. The van der Waals surface area contributed by atoms with Gasteiger partial charge in [0.2, 0.25) is 11.1 Å². The number of nitrogens with one attached hydrogen (secondary N) is 1. The number of carbonyl (C=O) groups is 1. The Bertz CT molecular complexity index is 1220. The van der Waals surface area contributed by atoms with Gasteiger partial charge in [-0.3, -0.25) is 4.79 Å². The first-order valence-electron chi connectivity index (χ1n) is 9.02. The number of benzene rings is 1. The van der Waals surface area contributed by atoms with Crippen LogP contribution in [0.5, 0.6) is 0 Å². The topological polar surface area (TPSA) is 94.0 Å². The van der Waals surface area contributed by atoms with Gasteiger partial charge in [0, 0.05) is 18.2 Å². The van der Waals surface area contributed by atoms with Crippen molar-refractivity contribution in [1.29, 1.82) is 0 Å². The third kappa shape index (κ3) is 4.49. The normalized spacial score (nSPS) is 11.0. The van der Waals surface area contributed by atoms with Crippen LogP contribution in [0, 0.1) is 23.3 Å². The van der Waals surface area contributed by atoms with Crippen LogP contribution < -0.4 is 5.32 Å². The maximum atomic E-state index is 13.7. The minimum atomic E-state index is -1.69. The van der Waals surface area contributed by atoms with Gasteiger partial charge < -0.3 is 14.2 Å². The molecule has 4 aromatic rings. The van der Waals surface area contributed by atoms with Gasteiger partial charge >= 0.3 is 0 Å². The predicted octanol–water partition coefficient (Wildman–Crippen LogP) is 5.07. The first-order chi connectivity index (χ1) is 15.4. The number of halogens is 4. The second kappa shape index (κ2) is 9.22. The molecule has 32 heavy (non-hydrogen) atoms. The van der Waals surface area contributed by atoms with Gasteiger partial charge in [0.25, 0.3) is 0 Å². The number of hydrogen-bond acceptors (Lipinski definition) is 7. The number of carbonyl (C=O) groups excluding carboxylic acids is 1. The van der Waals surface area contributed by atoms with Gasteiger partial charge in [-0.25, -0.2) is 22.5 Å². The van der Waals surface area contributed by atoms with Gasteiger partial charge in [0.05, 0.1) is 12.5 Å². The number of hydrogen-bond donors (Lipinski definition) is 1. The van der Waals surface area contributed by atoms with Crippen molar-refractivity contribution in [2.24, 2.45) is 0 Å². The third-order valence-corrected chi connectivity index (χ3v) is 4.95. The van der Waals surface area contributed by atoms with Crippen molar-refractivity contribution < 1.29 is 31.2 Å². The first kappa shape index (κ1) is 21.6. The third-order valence-electron chi connectivity index (χ3n) is 4.11. The number of nitrogens with zero attached hydrogens (tertiary/aromatic N) is 3. The van der Waals surface area contributed by atoms with Gasteiger partial charge in [0.1, 0.15) is 11.4 Å². The Morgan fingerprint density at radius 3 is 2.16 bits per heavy atom. The highest BCUT2D eigenvalue weighted by Crippen LogP contribution is 2.30. The Kier molecular flexibility index (Phi) is 6.21. The highest BCUT2D eigenvalue weighted by Gasteiger charge is 2.21. The monoisotopic (exact) mass is 464 g/mol. The molecule has 0 fully saturated rings. The van der Waals surface area contributed by atoms with Crippen molar-refractivity contribution in [1.82, 2.24) is 15.2 Å². The van der Waals surface area contributed by atoms with Gasteiger partial charge in [-0.1, -0.05) is 11.8 Å². The van der Waals surface area contributed by atoms with E-state index in [1.165, 1.54) is 12.5 Å². The van der Waals surface area contributed by atoms with Crippen LogP contribution >= 0.6 is 11.8 Å².